The third-order valence-corrected chi connectivity index (χ3v) is 10.5. The highest BCUT2D eigenvalue weighted by atomic mass is 32.2. The number of carbonyl (C=O) groups excluding carboxylic acids is 2. The van der Waals surface area contributed by atoms with Gasteiger partial charge in [0.1, 0.15) is 10.3 Å². The quantitative estimate of drug-likeness (QED) is 0.257. The first kappa shape index (κ1) is 26.4. The van der Waals surface area contributed by atoms with E-state index in [-0.39, 0.29) is 24.0 Å². The van der Waals surface area contributed by atoms with Crippen molar-refractivity contribution < 1.29 is 22.4 Å². The first-order valence-corrected chi connectivity index (χ1v) is 15.7. The number of aromatic nitrogens is 3. The van der Waals surface area contributed by atoms with Gasteiger partial charge in [0.15, 0.2) is 15.1 Å². The van der Waals surface area contributed by atoms with Gasteiger partial charge in [-0.05, 0) is 35.7 Å². The normalized spacial score (nSPS) is 16.4. The molecule has 0 spiro atoms. The Morgan fingerprint density at radius 2 is 1.77 bits per heavy atom. The first-order valence-electron chi connectivity index (χ1n) is 12.3. The van der Waals surface area contributed by atoms with Crippen LogP contribution in [-0.2, 0) is 26.8 Å². The second-order valence-electron chi connectivity index (χ2n) is 9.40. The fourth-order valence-corrected chi connectivity index (χ4v) is 8.46. The molecule has 0 aliphatic carbocycles. The second-order valence-corrected chi connectivity index (χ2v) is 13.7. The summed E-state index contributed by atoms with van der Waals surface area (Å²) in [6.07, 6.45) is 0.000387. The van der Waals surface area contributed by atoms with Gasteiger partial charge in [0.25, 0.3) is 5.24 Å². The molecule has 0 saturated carbocycles. The van der Waals surface area contributed by atoms with Gasteiger partial charge in [-0.15, -0.1) is 21.5 Å². The molecular formula is C28H22N4O5S3. The number of aryl methyl sites for hydroxylation is 1. The van der Waals surface area contributed by atoms with Gasteiger partial charge in [0.05, 0.1) is 16.0 Å². The zero-order valence-electron chi connectivity index (χ0n) is 21.1. The summed E-state index contributed by atoms with van der Waals surface area (Å²) in [6.45, 7) is 2.03. The predicted molar refractivity (Wildman–Crippen MR) is 154 cm³/mol. The van der Waals surface area contributed by atoms with Crippen LogP contribution in [0.4, 0.5) is 4.79 Å². The molecule has 1 aliphatic rings. The first-order chi connectivity index (χ1) is 19.2. The number of fused-ring (bicyclic) bond motifs is 1. The topological polar surface area (TPSA) is 132 Å². The zero-order valence-corrected chi connectivity index (χ0v) is 23.6. The lowest BCUT2D eigenvalue weighted by atomic mass is 10.0. The van der Waals surface area contributed by atoms with E-state index in [4.69, 9.17) is 4.42 Å². The van der Waals surface area contributed by atoms with Crippen molar-refractivity contribution in [2.24, 2.45) is 0 Å². The van der Waals surface area contributed by atoms with Crippen LogP contribution in [0.5, 0.6) is 0 Å². The average Bonchev–Trinajstić information content (AvgIpc) is 3.62. The third kappa shape index (κ3) is 5.42. The summed E-state index contributed by atoms with van der Waals surface area (Å²) in [5, 5.41) is 8.15. The van der Waals surface area contributed by atoms with Crippen LogP contribution in [0.25, 0.3) is 21.3 Å². The van der Waals surface area contributed by atoms with Crippen molar-refractivity contribution in [3.63, 3.8) is 0 Å². The van der Waals surface area contributed by atoms with E-state index in [0.29, 0.717) is 16.1 Å². The van der Waals surface area contributed by atoms with Crippen molar-refractivity contribution in [3.05, 3.63) is 101 Å². The highest BCUT2D eigenvalue weighted by molar-refractivity contribution is 8.15. The number of carbonyl (C=O) groups is 2. The Hall–Kier alpha value is -3.87. The van der Waals surface area contributed by atoms with Gasteiger partial charge in [-0.2, -0.15) is 0 Å². The molecule has 2 unspecified atom stereocenters. The van der Waals surface area contributed by atoms with E-state index in [1.807, 2.05) is 49.4 Å². The van der Waals surface area contributed by atoms with Crippen molar-refractivity contribution in [1.82, 2.24) is 20.5 Å². The van der Waals surface area contributed by atoms with Gasteiger partial charge in [-0.25, -0.2) is 13.4 Å². The molecule has 3 heterocycles. The molecule has 1 aliphatic heterocycles. The van der Waals surface area contributed by atoms with Crippen LogP contribution in [-0.4, -0.2) is 40.0 Å². The number of hydrogen-bond donors (Lipinski definition) is 1. The molecule has 1 saturated heterocycles. The molecule has 0 radical (unpaired) electrons. The molecule has 1 fully saturated rings. The van der Waals surface area contributed by atoms with E-state index in [0.717, 1.165) is 33.2 Å². The molecule has 2 amide bonds. The standard InChI is InChI=1S/C28H22N4O5S3/c1-16-6-5-9-18(12-16)19-10-11-20-21(13-19)38-27(29-20)24(40(35,36)15-17-7-3-2-4-8-17)26-32-31-23(37-26)14-22-25(33)30-28(34)39-22/h2-13,22,24H,14-15H2,1H3,(H,30,33,34). The SMILES string of the molecule is Cc1cccc(-c2ccc3nc(C(c4nnc(CC5SC(=O)NC5=O)o4)S(=O)(=O)Cc4ccccc4)sc3c2)c1. The van der Waals surface area contributed by atoms with Gasteiger partial charge >= 0.3 is 0 Å². The number of benzene rings is 3. The van der Waals surface area contributed by atoms with Gasteiger partial charge in [0.2, 0.25) is 17.7 Å². The smallest absolute Gasteiger partial charge is 0.286 e. The number of hydrogen-bond acceptors (Lipinski definition) is 10. The lowest BCUT2D eigenvalue weighted by molar-refractivity contribution is -0.119. The Labute approximate surface area is 238 Å². The van der Waals surface area contributed by atoms with E-state index in [1.165, 1.54) is 11.3 Å². The van der Waals surface area contributed by atoms with Crippen LogP contribution in [0.3, 0.4) is 0 Å². The summed E-state index contributed by atoms with van der Waals surface area (Å²) >= 11 is 2.10. The Morgan fingerprint density at radius 3 is 2.52 bits per heavy atom. The van der Waals surface area contributed by atoms with Crippen molar-refractivity contribution in [2.75, 3.05) is 0 Å². The van der Waals surface area contributed by atoms with Crippen molar-refractivity contribution in [1.29, 1.82) is 0 Å². The van der Waals surface area contributed by atoms with E-state index in [9.17, 15) is 18.0 Å². The maximum atomic E-state index is 13.9. The van der Waals surface area contributed by atoms with Crippen LogP contribution in [0.15, 0.2) is 77.2 Å². The maximum Gasteiger partial charge on any atom is 0.286 e. The average molecular weight is 591 g/mol. The summed E-state index contributed by atoms with van der Waals surface area (Å²) in [5.74, 6) is -0.756. The number of nitrogens with zero attached hydrogens (tertiary/aromatic N) is 3. The molecule has 202 valence electrons. The number of amides is 2. The fourth-order valence-electron chi connectivity index (χ4n) is 4.50. The summed E-state index contributed by atoms with van der Waals surface area (Å²) in [5.41, 5.74) is 4.47. The molecule has 2 aromatic heterocycles. The van der Waals surface area contributed by atoms with Gasteiger partial charge < -0.3 is 4.42 Å². The molecule has 5 aromatic rings. The summed E-state index contributed by atoms with van der Waals surface area (Å²) < 4.78 is 34.4. The predicted octanol–water partition coefficient (Wildman–Crippen LogP) is 5.25. The fraction of sp³-hybridized carbons (Fsp3) is 0.179. The third-order valence-electron chi connectivity index (χ3n) is 6.38. The van der Waals surface area contributed by atoms with Crippen LogP contribution in [0, 0.1) is 6.92 Å². The monoisotopic (exact) mass is 590 g/mol. The van der Waals surface area contributed by atoms with Crippen molar-refractivity contribution in [3.8, 4) is 11.1 Å². The molecule has 2 atom stereocenters. The van der Waals surface area contributed by atoms with E-state index in [2.05, 4.69) is 26.6 Å². The number of thioether (sulfide) groups is 1. The summed E-state index contributed by atoms with van der Waals surface area (Å²) in [6, 6.07) is 22.8. The van der Waals surface area contributed by atoms with Crippen molar-refractivity contribution >= 4 is 54.3 Å². The lowest BCUT2D eigenvalue weighted by Gasteiger charge is -2.12. The summed E-state index contributed by atoms with van der Waals surface area (Å²) in [4.78, 5) is 28.2. The number of thiazole rings is 1. The second kappa shape index (κ2) is 10.6. The Bertz CT molecular complexity index is 1850. The minimum atomic E-state index is -3.92. The maximum absolute atomic E-state index is 13.9. The molecule has 12 heteroatoms. The van der Waals surface area contributed by atoms with Crippen molar-refractivity contribution in [2.45, 2.75) is 29.6 Å². The highest BCUT2D eigenvalue weighted by Gasteiger charge is 2.38. The molecule has 6 rings (SSSR count). The van der Waals surface area contributed by atoms with E-state index in [1.54, 1.807) is 24.3 Å². The minimum absolute atomic E-state index is 0.000387. The lowest BCUT2D eigenvalue weighted by Crippen LogP contribution is -2.25. The minimum Gasteiger partial charge on any atom is -0.423 e. The molecule has 0 bridgehead atoms. The van der Waals surface area contributed by atoms with E-state index >= 15 is 0 Å². The van der Waals surface area contributed by atoms with Gasteiger partial charge in [0, 0.05) is 6.42 Å². The van der Waals surface area contributed by atoms with Crippen LogP contribution >= 0.6 is 23.1 Å². The Kier molecular flexibility index (Phi) is 6.99. The highest BCUT2D eigenvalue weighted by Crippen LogP contribution is 2.38. The summed E-state index contributed by atoms with van der Waals surface area (Å²) in [7, 11) is -3.92. The Balaban J connectivity index is 1.39. The molecule has 1 N–H and O–H groups in total. The molecular weight excluding hydrogens is 569 g/mol. The van der Waals surface area contributed by atoms with Crippen LogP contribution in [0.1, 0.15) is 33.2 Å². The zero-order chi connectivity index (χ0) is 27.9. The number of sulfone groups is 1. The van der Waals surface area contributed by atoms with E-state index < -0.39 is 31.5 Å². The van der Waals surface area contributed by atoms with Gasteiger partial charge in [-0.1, -0.05) is 78.0 Å². The molecule has 3 aromatic carbocycles. The van der Waals surface area contributed by atoms with Crippen LogP contribution in [0.2, 0.25) is 0 Å². The molecule has 9 nitrogen and oxygen atoms in total. The molecule has 40 heavy (non-hydrogen) atoms. The number of nitrogens with one attached hydrogen (secondary N) is 1. The van der Waals surface area contributed by atoms with Crippen LogP contribution < -0.4 is 5.32 Å². The largest absolute Gasteiger partial charge is 0.423 e. The Morgan fingerprint density at radius 1 is 0.975 bits per heavy atom. The number of rotatable bonds is 8. The number of imide groups is 1. The van der Waals surface area contributed by atoms with Gasteiger partial charge in [-0.3, -0.25) is 14.9 Å².